The second-order valence-electron chi connectivity index (χ2n) is 12.7. The summed E-state index contributed by atoms with van der Waals surface area (Å²) < 4.78 is 6.65. The maximum Gasteiger partial charge on any atom is 0.164 e. The van der Waals surface area contributed by atoms with Crippen molar-refractivity contribution in [1.29, 1.82) is 0 Å². The Hall–Kier alpha value is -6.98. The Morgan fingerprint density at radius 2 is 0.922 bits per heavy atom. The molecule has 0 aliphatic carbocycles. The highest BCUT2D eigenvalue weighted by molar-refractivity contribution is 6.15. The van der Waals surface area contributed by atoms with E-state index in [1.807, 2.05) is 84.9 Å². The van der Waals surface area contributed by atoms with E-state index in [2.05, 4.69) is 84.9 Å². The number of furan rings is 1. The highest BCUT2D eigenvalue weighted by Gasteiger charge is 2.20. The maximum absolute atomic E-state index is 6.65. The predicted octanol–water partition coefficient (Wildman–Crippen LogP) is 11.8. The lowest BCUT2D eigenvalue weighted by Gasteiger charge is -2.14. The number of nitrogens with zero attached hydrogens (tertiary/aromatic N) is 4. The minimum atomic E-state index is 0.589. The minimum Gasteiger partial charge on any atom is -0.454 e. The van der Waals surface area contributed by atoms with Crippen molar-refractivity contribution in [1.82, 2.24) is 19.9 Å². The second-order valence-corrected chi connectivity index (χ2v) is 12.7. The largest absolute Gasteiger partial charge is 0.454 e. The second kappa shape index (κ2) is 11.9. The Morgan fingerprint density at radius 1 is 0.353 bits per heavy atom. The summed E-state index contributed by atoms with van der Waals surface area (Å²) in [5.41, 5.74) is 10.1. The first kappa shape index (κ1) is 29.0. The van der Waals surface area contributed by atoms with Crippen LogP contribution in [0.2, 0.25) is 0 Å². The molecular formula is C46H28N4O. The number of aromatic nitrogens is 4. The van der Waals surface area contributed by atoms with Gasteiger partial charge in [0.25, 0.3) is 0 Å². The first-order chi connectivity index (χ1) is 25.2. The lowest BCUT2D eigenvalue weighted by molar-refractivity contribution is 0.670. The van der Waals surface area contributed by atoms with E-state index in [4.69, 9.17) is 24.4 Å². The lowest BCUT2D eigenvalue weighted by Crippen LogP contribution is -2.00. The monoisotopic (exact) mass is 652 g/mol. The SMILES string of the molecule is c1ccc(-c2nc(-c3ccccc3)nc(-c3cc(-c4ccc5ccccc5c4)cc(-c4c5ccccc5nc5c4oc4ccccc45)c3)n2)cc1. The Morgan fingerprint density at radius 3 is 1.67 bits per heavy atom. The van der Waals surface area contributed by atoms with Gasteiger partial charge in [0, 0.05) is 33.0 Å². The van der Waals surface area contributed by atoms with Gasteiger partial charge in [0.1, 0.15) is 11.1 Å². The molecule has 0 amide bonds. The highest BCUT2D eigenvalue weighted by Crippen LogP contribution is 2.42. The molecule has 0 saturated heterocycles. The molecule has 7 aromatic carbocycles. The predicted molar refractivity (Wildman–Crippen MR) is 207 cm³/mol. The molecule has 10 rings (SSSR count). The molecule has 0 fully saturated rings. The average molecular weight is 653 g/mol. The quantitative estimate of drug-likeness (QED) is 0.185. The topological polar surface area (TPSA) is 64.7 Å². The molecule has 0 unspecified atom stereocenters. The van der Waals surface area contributed by atoms with Gasteiger partial charge in [-0.05, 0) is 69.9 Å². The molecule has 0 N–H and O–H groups in total. The number of para-hydroxylation sites is 2. The van der Waals surface area contributed by atoms with Crippen molar-refractivity contribution < 1.29 is 4.42 Å². The molecular weight excluding hydrogens is 625 g/mol. The molecule has 5 heteroatoms. The molecule has 238 valence electrons. The molecule has 0 saturated carbocycles. The first-order valence-electron chi connectivity index (χ1n) is 17.0. The van der Waals surface area contributed by atoms with Gasteiger partial charge in [-0.1, -0.05) is 127 Å². The zero-order chi connectivity index (χ0) is 33.7. The van der Waals surface area contributed by atoms with Gasteiger partial charge >= 0.3 is 0 Å². The van der Waals surface area contributed by atoms with Crippen LogP contribution in [0, 0.1) is 0 Å². The van der Waals surface area contributed by atoms with Gasteiger partial charge in [-0.2, -0.15) is 0 Å². The number of fused-ring (bicyclic) bond motifs is 5. The number of hydrogen-bond acceptors (Lipinski definition) is 5. The molecule has 0 bridgehead atoms. The fourth-order valence-electron chi connectivity index (χ4n) is 7.00. The van der Waals surface area contributed by atoms with E-state index >= 15 is 0 Å². The summed E-state index contributed by atoms with van der Waals surface area (Å²) in [6.45, 7) is 0. The van der Waals surface area contributed by atoms with Crippen LogP contribution in [0.5, 0.6) is 0 Å². The highest BCUT2D eigenvalue weighted by atomic mass is 16.3. The normalized spacial score (nSPS) is 11.5. The maximum atomic E-state index is 6.65. The molecule has 51 heavy (non-hydrogen) atoms. The van der Waals surface area contributed by atoms with Gasteiger partial charge in [-0.15, -0.1) is 0 Å². The van der Waals surface area contributed by atoms with Crippen LogP contribution in [0.4, 0.5) is 0 Å². The van der Waals surface area contributed by atoms with Crippen molar-refractivity contribution in [2.24, 2.45) is 0 Å². The first-order valence-corrected chi connectivity index (χ1v) is 17.0. The van der Waals surface area contributed by atoms with Crippen molar-refractivity contribution in [3.8, 4) is 56.4 Å². The lowest BCUT2D eigenvalue weighted by atomic mass is 9.92. The third kappa shape index (κ3) is 5.11. The van der Waals surface area contributed by atoms with E-state index < -0.39 is 0 Å². The molecule has 0 aliphatic rings. The molecule has 0 atom stereocenters. The fraction of sp³-hybridized carbons (Fsp3) is 0. The Labute approximate surface area is 293 Å². The molecule has 0 radical (unpaired) electrons. The van der Waals surface area contributed by atoms with Gasteiger partial charge in [0.15, 0.2) is 23.1 Å². The summed E-state index contributed by atoms with van der Waals surface area (Å²) in [5.74, 6) is 1.82. The standard InChI is InChI=1S/C46H28N4O/c1-3-14-30(15-4-1)44-48-45(31-16-5-2-6-17-31)50-46(49-44)36-27-34(33-24-23-29-13-7-8-18-32(29)25-33)26-35(28-36)41-37-19-9-11-21-39(37)47-42-38-20-10-12-22-40(38)51-43(41)42/h1-28H. The Bertz CT molecular complexity index is 2860. The van der Waals surface area contributed by atoms with E-state index in [9.17, 15) is 0 Å². The van der Waals surface area contributed by atoms with Gasteiger partial charge in [-0.25, -0.2) is 19.9 Å². The summed E-state index contributed by atoms with van der Waals surface area (Å²) in [4.78, 5) is 20.3. The van der Waals surface area contributed by atoms with Crippen molar-refractivity contribution in [3.63, 3.8) is 0 Å². The molecule has 0 spiro atoms. The number of rotatable bonds is 5. The third-order valence-corrected chi connectivity index (χ3v) is 9.46. The van der Waals surface area contributed by atoms with E-state index in [1.54, 1.807) is 0 Å². The number of pyridine rings is 1. The zero-order valence-corrected chi connectivity index (χ0v) is 27.4. The van der Waals surface area contributed by atoms with Crippen LogP contribution in [0.1, 0.15) is 0 Å². The van der Waals surface area contributed by atoms with Crippen molar-refractivity contribution >= 4 is 43.7 Å². The van der Waals surface area contributed by atoms with Crippen molar-refractivity contribution in [3.05, 3.63) is 170 Å². The number of benzene rings is 7. The fourth-order valence-corrected chi connectivity index (χ4v) is 7.00. The van der Waals surface area contributed by atoms with Gasteiger partial charge < -0.3 is 4.42 Å². The molecule has 3 heterocycles. The van der Waals surface area contributed by atoms with Gasteiger partial charge in [0.05, 0.1) is 5.52 Å². The van der Waals surface area contributed by atoms with Crippen LogP contribution in [0.25, 0.3) is 100 Å². The zero-order valence-electron chi connectivity index (χ0n) is 27.4. The van der Waals surface area contributed by atoms with Crippen LogP contribution >= 0.6 is 0 Å². The van der Waals surface area contributed by atoms with Crippen LogP contribution in [0.15, 0.2) is 174 Å². The number of hydrogen-bond donors (Lipinski definition) is 0. The van der Waals surface area contributed by atoms with E-state index in [0.717, 1.165) is 71.9 Å². The van der Waals surface area contributed by atoms with Crippen LogP contribution in [-0.2, 0) is 0 Å². The van der Waals surface area contributed by atoms with Crippen LogP contribution < -0.4 is 0 Å². The molecule has 10 aromatic rings. The van der Waals surface area contributed by atoms with E-state index in [-0.39, 0.29) is 0 Å². The third-order valence-electron chi connectivity index (χ3n) is 9.46. The molecule has 0 aliphatic heterocycles. The summed E-state index contributed by atoms with van der Waals surface area (Å²) >= 11 is 0. The summed E-state index contributed by atoms with van der Waals surface area (Å²) in [5, 5.41) is 4.37. The average Bonchev–Trinajstić information content (AvgIpc) is 3.58. The van der Waals surface area contributed by atoms with Gasteiger partial charge in [-0.3, -0.25) is 0 Å². The Kier molecular flexibility index (Phi) is 6.74. The van der Waals surface area contributed by atoms with Gasteiger partial charge in [0.2, 0.25) is 0 Å². The summed E-state index contributed by atoms with van der Waals surface area (Å²) in [6.07, 6.45) is 0. The van der Waals surface area contributed by atoms with Crippen LogP contribution in [0.3, 0.4) is 0 Å². The van der Waals surface area contributed by atoms with Crippen LogP contribution in [-0.4, -0.2) is 19.9 Å². The smallest absolute Gasteiger partial charge is 0.164 e. The molecule has 5 nitrogen and oxygen atoms in total. The van der Waals surface area contributed by atoms with E-state index in [0.29, 0.717) is 17.5 Å². The molecule has 3 aromatic heterocycles. The minimum absolute atomic E-state index is 0.589. The van der Waals surface area contributed by atoms with Crippen molar-refractivity contribution in [2.45, 2.75) is 0 Å². The van der Waals surface area contributed by atoms with Crippen molar-refractivity contribution in [2.75, 3.05) is 0 Å². The summed E-state index contributed by atoms with van der Waals surface area (Å²) in [7, 11) is 0. The summed E-state index contributed by atoms with van der Waals surface area (Å²) in [6, 6.07) is 58.2. The van der Waals surface area contributed by atoms with E-state index in [1.165, 1.54) is 10.8 Å². The Balaban J connectivity index is 1.29.